The normalized spacial score (nSPS) is 25.6. The van der Waals surface area contributed by atoms with E-state index in [1.807, 2.05) is 20.8 Å². The molecule has 0 aromatic rings. The number of hydrogen-bond acceptors (Lipinski definition) is 3. The second-order valence-corrected chi connectivity index (χ2v) is 5.94. The second kappa shape index (κ2) is 5.07. The highest BCUT2D eigenvalue weighted by molar-refractivity contribution is 5.85. The Labute approximate surface area is 103 Å². The van der Waals surface area contributed by atoms with Gasteiger partial charge in [0.25, 0.3) is 0 Å². The molecule has 0 aromatic carbocycles. The monoisotopic (exact) mass is 241 g/mol. The summed E-state index contributed by atoms with van der Waals surface area (Å²) in [4.78, 5) is 25.1. The van der Waals surface area contributed by atoms with E-state index in [1.165, 1.54) is 6.92 Å². The summed E-state index contributed by atoms with van der Waals surface area (Å²) >= 11 is 0. The molecular formula is C13H23NO3. The molecule has 1 heterocycles. The van der Waals surface area contributed by atoms with Crippen molar-refractivity contribution in [2.24, 2.45) is 5.92 Å². The topological polar surface area (TPSA) is 46.6 Å². The van der Waals surface area contributed by atoms with Crippen LogP contribution in [0.5, 0.6) is 0 Å². The van der Waals surface area contributed by atoms with Crippen molar-refractivity contribution < 1.29 is 14.3 Å². The van der Waals surface area contributed by atoms with Gasteiger partial charge in [0.2, 0.25) is 0 Å². The third kappa shape index (κ3) is 4.02. The lowest BCUT2D eigenvalue weighted by Crippen LogP contribution is -2.51. The Kier molecular flexibility index (Phi) is 4.17. The number of hydrogen-bond donors (Lipinski definition) is 0. The van der Waals surface area contributed by atoms with Crippen molar-refractivity contribution in [3.05, 3.63) is 0 Å². The molecule has 98 valence electrons. The number of ketones is 1. The molecule has 17 heavy (non-hydrogen) atoms. The van der Waals surface area contributed by atoms with E-state index < -0.39 is 5.60 Å². The van der Waals surface area contributed by atoms with E-state index in [0.717, 1.165) is 12.8 Å². The minimum atomic E-state index is -0.515. The Hall–Kier alpha value is -1.06. The van der Waals surface area contributed by atoms with E-state index in [9.17, 15) is 9.59 Å². The van der Waals surface area contributed by atoms with Crippen molar-refractivity contribution in [3.63, 3.8) is 0 Å². The Balaban J connectivity index is 2.75. The van der Waals surface area contributed by atoms with Gasteiger partial charge in [-0.05, 0) is 46.5 Å². The highest BCUT2D eigenvalue weighted by atomic mass is 16.6. The van der Waals surface area contributed by atoms with E-state index in [1.54, 1.807) is 4.90 Å². The fourth-order valence-corrected chi connectivity index (χ4v) is 2.10. The molecule has 1 rings (SSSR count). The average molecular weight is 241 g/mol. The largest absolute Gasteiger partial charge is 0.444 e. The van der Waals surface area contributed by atoms with Gasteiger partial charge in [-0.3, -0.25) is 9.69 Å². The maximum atomic E-state index is 12.0. The van der Waals surface area contributed by atoms with Crippen LogP contribution in [0.2, 0.25) is 0 Å². The molecule has 1 saturated heterocycles. The summed E-state index contributed by atoms with van der Waals surface area (Å²) in [5.74, 6) is 0.473. The molecule has 0 unspecified atom stereocenters. The number of ether oxygens (including phenoxy) is 1. The van der Waals surface area contributed by atoms with E-state index in [0.29, 0.717) is 12.5 Å². The summed E-state index contributed by atoms with van der Waals surface area (Å²) in [6.07, 6.45) is 1.36. The minimum Gasteiger partial charge on any atom is -0.444 e. The van der Waals surface area contributed by atoms with Crippen LogP contribution in [-0.2, 0) is 9.53 Å². The van der Waals surface area contributed by atoms with Crippen LogP contribution in [0.25, 0.3) is 0 Å². The summed E-state index contributed by atoms with van der Waals surface area (Å²) in [5, 5.41) is 0. The fraction of sp³-hybridized carbons (Fsp3) is 0.846. The quantitative estimate of drug-likeness (QED) is 0.709. The highest BCUT2D eigenvalue weighted by Gasteiger charge is 2.35. The SMILES string of the molecule is CC(=O)[C@@H]1CC[C@@H](C)CN1C(=O)OC(C)(C)C. The third-order valence-electron chi connectivity index (χ3n) is 2.91. The van der Waals surface area contributed by atoms with Crippen LogP contribution in [0.3, 0.4) is 0 Å². The zero-order valence-electron chi connectivity index (χ0n) is 11.4. The first-order valence-corrected chi connectivity index (χ1v) is 6.21. The average Bonchev–Trinajstić information content (AvgIpc) is 2.14. The van der Waals surface area contributed by atoms with Crippen molar-refractivity contribution in [2.75, 3.05) is 6.54 Å². The van der Waals surface area contributed by atoms with Crippen LogP contribution < -0.4 is 0 Å². The number of piperidine rings is 1. The zero-order valence-corrected chi connectivity index (χ0v) is 11.4. The predicted molar refractivity (Wildman–Crippen MR) is 65.8 cm³/mol. The van der Waals surface area contributed by atoms with Gasteiger partial charge in [0.05, 0.1) is 6.04 Å². The first-order valence-electron chi connectivity index (χ1n) is 6.21. The number of carbonyl (C=O) groups excluding carboxylic acids is 2. The molecule has 0 bridgehead atoms. The molecular weight excluding hydrogens is 218 g/mol. The molecule has 4 heteroatoms. The molecule has 1 fully saturated rings. The van der Waals surface area contributed by atoms with Crippen LogP contribution in [0.1, 0.15) is 47.5 Å². The van der Waals surface area contributed by atoms with Gasteiger partial charge in [-0.25, -0.2) is 4.79 Å². The first kappa shape index (κ1) is 14.0. The molecule has 0 N–H and O–H groups in total. The smallest absolute Gasteiger partial charge is 0.410 e. The predicted octanol–water partition coefficient (Wildman–Crippen LogP) is 2.61. The third-order valence-corrected chi connectivity index (χ3v) is 2.91. The fourth-order valence-electron chi connectivity index (χ4n) is 2.10. The van der Waals surface area contributed by atoms with Gasteiger partial charge in [0.1, 0.15) is 5.60 Å². The zero-order chi connectivity index (χ0) is 13.2. The van der Waals surface area contributed by atoms with Gasteiger partial charge in [-0.15, -0.1) is 0 Å². The molecule has 1 amide bonds. The number of Topliss-reactive ketones (excluding diaryl/α,β-unsaturated/α-hetero) is 1. The van der Waals surface area contributed by atoms with E-state index in [4.69, 9.17) is 4.74 Å². The van der Waals surface area contributed by atoms with Gasteiger partial charge in [0, 0.05) is 6.54 Å². The lowest BCUT2D eigenvalue weighted by molar-refractivity contribution is -0.123. The van der Waals surface area contributed by atoms with Crippen LogP contribution >= 0.6 is 0 Å². The van der Waals surface area contributed by atoms with Gasteiger partial charge >= 0.3 is 6.09 Å². The van der Waals surface area contributed by atoms with E-state index in [-0.39, 0.29) is 17.9 Å². The first-order chi connectivity index (χ1) is 7.70. The van der Waals surface area contributed by atoms with Crippen LogP contribution in [0.4, 0.5) is 4.79 Å². The number of likely N-dealkylation sites (tertiary alicyclic amines) is 1. The summed E-state index contributed by atoms with van der Waals surface area (Å²) < 4.78 is 5.34. The summed E-state index contributed by atoms with van der Waals surface area (Å²) in [5.41, 5.74) is -0.515. The Morgan fingerprint density at radius 2 is 1.82 bits per heavy atom. The summed E-state index contributed by atoms with van der Waals surface area (Å²) in [7, 11) is 0. The molecule has 0 spiro atoms. The Morgan fingerprint density at radius 3 is 2.29 bits per heavy atom. The standard InChI is InChI=1S/C13H23NO3/c1-9-6-7-11(10(2)15)14(8-9)12(16)17-13(3,4)5/h9,11H,6-8H2,1-5H3/t9-,11+/m1/s1. The van der Waals surface area contributed by atoms with Crippen LogP contribution in [0, 0.1) is 5.92 Å². The number of amides is 1. The van der Waals surface area contributed by atoms with Gasteiger partial charge in [-0.2, -0.15) is 0 Å². The number of carbonyl (C=O) groups is 2. The lowest BCUT2D eigenvalue weighted by atomic mass is 9.93. The van der Waals surface area contributed by atoms with Crippen molar-refractivity contribution in [1.29, 1.82) is 0 Å². The molecule has 0 radical (unpaired) electrons. The molecule has 1 aliphatic rings. The summed E-state index contributed by atoms with van der Waals surface area (Å²) in [6, 6.07) is -0.305. The van der Waals surface area contributed by atoms with Crippen LogP contribution in [0.15, 0.2) is 0 Å². The molecule has 2 atom stereocenters. The van der Waals surface area contributed by atoms with Crippen molar-refractivity contribution in [2.45, 2.75) is 59.1 Å². The summed E-state index contributed by atoms with van der Waals surface area (Å²) in [6.45, 7) is 9.74. The van der Waals surface area contributed by atoms with Crippen molar-refractivity contribution in [3.8, 4) is 0 Å². The molecule has 0 aliphatic carbocycles. The van der Waals surface area contributed by atoms with E-state index >= 15 is 0 Å². The Morgan fingerprint density at radius 1 is 1.24 bits per heavy atom. The Bertz CT molecular complexity index is 306. The number of rotatable bonds is 1. The highest BCUT2D eigenvalue weighted by Crippen LogP contribution is 2.24. The molecule has 0 aromatic heterocycles. The maximum Gasteiger partial charge on any atom is 0.410 e. The maximum absolute atomic E-state index is 12.0. The lowest BCUT2D eigenvalue weighted by Gasteiger charge is -2.38. The molecule has 1 aliphatic heterocycles. The van der Waals surface area contributed by atoms with Crippen molar-refractivity contribution >= 4 is 11.9 Å². The number of nitrogens with zero attached hydrogens (tertiary/aromatic N) is 1. The minimum absolute atomic E-state index is 0.0442. The van der Waals surface area contributed by atoms with E-state index in [2.05, 4.69) is 6.92 Å². The molecule has 4 nitrogen and oxygen atoms in total. The van der Waals surface area contributed by atoms with Gasteiger partial charge in [-0.1, -0.05) is 6.92 Å². The van der Waals surface area contributed by atoms with Gasteiger partial charge in [0.15, 0.2) is 5.78 Å². The van der Waals surface area contributed by atoms with Gasteiger partial charge < -0.3 is 4.74 Å². The van der Waals surface area contributed by atoms with Crippen LogP contribution in [-0.4, -0.2) is 35.0 Å². The molecule has 0 saturated carbocycles. The van der Waals surface area contributed by atoms with Crippen molar-refractivity contribution in [1.82, 2.24) is 4.90 Å². The second-order valence-electron chi connectivity index (χ2n) is 5.94.